The van der Waals surface area contributed by atoms with Gasteiger partial charge in [0.2, 0.25) is 0 Å². The van der Waals surface area contributed by atoms with Gasteiger partial charge in [0.1, 0.15) is 11.3 Å². The molecular weight excluding hydrogens is 321 g/mol. The zero-order valence-electron chi connectivity index (χ0n) is 14.2. The molecule has 0 saturated heterocycles. The number of benzene rings is 1. The van der Waals surface area contributed by atoms with Crippen LogP contribution in [0.4, 0.5) is 15.9 Å². The van der Waals surface area contributed by atoms with Crippen LogP contribution in [0.1, 0.15) is 26.5 Å². The summed E-state index contributed by atoms with van der Waals surface area (Å²) in [6.45, 7) is 6.24. The predicted molar refractivity (Wildman–Crippen MR) is 94.3 cm³/mol. The molecule has 25 heavy (non-hydrogen) atoms. The summed E-state index contributed by atoms with van der Waals surface area (Å²) in [4.78, 5) is 4.28. The maximum atomic E-state index is 14.7. The summed E-state index contributed by atoms with van der Waals surface area (Å²) >= 11 is 0. The molecule has 0 unspecified atom stereocenters. The summed E-state index contributed by atoms with van der Waals surface area (Å²) in [7, 11) is 0. The van der Waals surface area contributed by atoms with E-state index >= 15 is 0 Å². The van der Waals surface area contributed by atoms with Crippen molar-refractivity contribution < 1.29 is 8.91 Å². The van der Waals surface area contributed by atoms with Gasteiger partial charge in [0.05, 0.1) is 16.6 Å². The van der Waals surface area contributed by atoms with Crippen LogP contribution in [0.2, 0.25) is 0 Å². The van der Waals surface area contributed by atoms with Gasteiger partial charge in [-0.1, -0.05) is 25.9 Å². The second-order valence-electron chi connectivity index (χ2n) is 7.29. The van der Waals surface area contributed by atoms with Crippen LogP contribution in [-0.4, -0.2) is 20.3 Å². The van der Waals surface area contributed by atoms with Crippen LogP contribution < -0.4 is 5.32 Å². The van der Waals surface area contributed by atoms with Gasteiger partial charge in [0.15, 0.2) is 11.4 Å². The minimum atomic E-state index is -0.367. The van der Waals surface area contributed by atoms with Crippen molar-refractivity contribution in [2.24, 2.45) is 5.41 Å². The highest BCUT2D eigenvalue weighted by Gasteiger charge is 2.20. The number of aromatic nitrogens is 4. The topological polar surface area (TPSA) is 79.6 Å². The van der Waals surface area contributed by atoms with Crippen LogP contribution in [0.5, 0.6) is 0 Å². The van der Waals surface area contributed by atoms with E-state index in [0.717, 1.165) is 5.52 Å². The third kappa shape index (κ3) is 2.93. The van der Waals surface area contributed by atoms with Gasteiger partial charge in [0.25, 0.3) is 0 Å². The Labute approximate surface area is 143 Å². The molecule has 4 aromatic rings. The zero-order chi connectivity index (χ0) is 17.6. The SMILES string of the molecule is CC(C)(C)Cc1noc2cc(Nc3n[nH]c4cccnc34)cc(F)c12. The van der Waals surface area contributed by atoms with Gasteiger partial charge in [-0.2, -0.15) is 5.10 Å². The molecule has 0 aliphatic heterocycles. The van der Waals surface area contributed by atoms with Crippen LogP contribution in [-0.2, 0) is 6.42 Å². The molecule has 2 N–H and O–H groups in total. The van der Waals surface area contributed by atoms with E-state index in [1.165, 1.54) is 6.07 Å². The average Bonchev–Trinajstić information content (AvgIpc) is 3.11. The molecule has 0 radical (unpaired) electrons. The number of hydrogen-bond donors (Lipinski definition) is 2. The van der Waals surface area contributed by atoms with E-state index in [2.05, 4.69) is 46.4 Å². The molecular formula is C18H18FN5O. The lowest BCUT2D eigenvalue weighted by Gasteiger charge is -2.15. The van der Waals surface area contributed by atoms with E-state index in [1.807, 2.05) is 12.1 Å². The molecule has 0 atom stereocenters. The minimum absolute atomic E-state index is 0.00715. The maximum Gasteiger partial charge on any atom is 0.178 e. The van der Waals surface area contributed by atoms with Crippen LogP contribution in [0.15, 0.2) is 35.0 Å². The Morgan fingerprint density at radius 3 is 2.92 bits per heavy atom. The van der Waals surface area contributed by atoms with E-state index in [4.69, 9.17) is 4.52 Å². The van der Waals surface area contributed by atoms with Crippen molar-refractivity contribution in [3.8, 4) is 0 Å². The predicted octanol–water partition coefficient (Wildman–Crippen LogP) is 4.57. The molecule has 0 fully saturated rings. The Morgan fingerprint density at radius 1 is 1.28 bits per heavy atom. The fraction of sp³-hybridized carbons (Fsp3) is 0.278. The first kappa shape index (κ1) is 15.6. The second-order valence-corrected chi connectivity index (χ2v) is 7.29. The second kappa shape index (κ2) is 5.54. The number of rotatable bonds is 3. The molecule has 0 aliphatic carbocycles. The fourth-order valence-corrected chi connectivity index (χ4v) is 2.86. The Balaban J connectivity index is 1.72. The standard InChI is InChI=1S/C18H18FN5O/c1-18(2,3)9-13-15-11(19)7-10(8-14(15)25-24-13)21-17-16-12(22-23-17)5-4-6-20-16/h4-8H,9H2,1-3H3,(H2,21,22,23). The van der Waals surface area contributed by atoms with Crippen molar-refractivity contribution in [2.45, 2.75) is 27.2 Å². The first-order valence-electron chi connectivity index (χ1n) is 8.05. The molecule has 1 aromatic carbocycles. The van der Waals surface area contributed by atoms with Gasteiger partial charge in [-0.25, -0.2) is 4.39 Å². The molecule has 6 nitrogen and oxygen atoms in total. The quantitative estimate of drug-likeness (QED) is 0.571. The van der Waals surface area contributed by atoms with E-state index in [1.54, 1.807) is 12.3 Å². The Hall–Kier alpha value is -2.96. The van der Waals surface area contributed by atoms with Crippen LogP contribution >= 0.6 is 0 Å². The number of halogens is 1. The van der Waals surface area contributed by atoms with Gasteiger partial charge in [-0.15, -0.1) is 0 Å². The summed E-state index contributed by atoms with van der Waals surface area (Å²) < 4.78 is 20.0. The maximum absolute atomic E-state index is 14.7. The van der Waals surface area contributed by atoms with E-state index in [9.17, 15) is 4.39 Å². The molecule has 0 amide bonds. The summed E-state index contributed by atoms with van der Waals surface area (Å²) in [5.74, 6) is 0.164. The minimum Gasteiger partial charge on any atom is -0.356 e. The summed E-state index contributed by atoms with van der Waals surface area (Å²) in [5.41, 5.74) is 3.07. The number of hydrogen-bond acceptors (Lipinski definition) is 5. The van der Waals surface area contributed by atoms with Gasteiger partial charge < -0.3 is 9.84 Å². The number of aromatic amines is 1. The zero-order valence-corrected chi connectivity index (χ0v) is 14.2. The van der Waals surface area contributed by atoms with E-state index < -0.39 is 0 Å². The first-order chi connectivity index (χ1) is 11.9. The number of nitrogens with zero attached hydrogens (tertiary/aromatic N) is 3. The van der Waals surface area contributed by atoms with Gasteiger partial charge in [0, 0.05) is 18.0 Å². The normalized spacial score (nSPS) is 12.2. The van der Waals surface area contributed by atoms with Crippen LogP contribution in [0.25, 0.3) is 22.0 Å². The summed E-state index contributed by atoms with van der Waals surface area (Å²) in [6.07, 6.45) is 2.32. The highest BCUT2D eigenvalue weighted by atomic mass is 19.1. The van der Waals surface area contributed by atoms with E-state index in [0.29, 0.717) is 40.1 Å². The third-order valence-electron chi connectivity index (χ3n) is 3.88. The van der Waals surface area contributed by atoms with Gasteiger partial charge in [-0.05, 0) is 30.0 Å². The molecule has 0 saturated carbocycles. The molecule has 128 valence electrons. The largest absolute Gasteiger partial charge is 0.356 e. The third-order valence-corrected chi connectivity index (χ3v) is 3.88. The number of nitrogens with one attached hydrogen (secondary N) is 2. The lowest BCUT2D eigenvalue weighted by molar-refractivity contribution is 0.382. The van der Waals surface area contributed by atoms with Crippen molar-refractivity contribution in [1.82, 2.24) is 20.3 Å². The van der Waals surface area contributed by atoms with Crippen molar-refractivity contribution >= 4 is 33.5 Å². The molecule has 4 rings (SSSR count). The first-order valence-corrected chi connectivity index (χ1v) is 8.05. The molecule has 0 spiro atoms. The highest BCUT2D eigenvalue weighted by molar-refractivity contribution is 5.89. The lowest BCUT2D eigenvalue weighted by Crippen LogP contribution is -2.09. The lowest BCUT2D eigenvalue weighted by atomic mass is 9.89. The van der Waals surface area contributed by atoms with Crippen molar-refractivity contribution in [3.05, 3.63) is 42.0 Å². The smallest absolute Gasteiger partial charge is 0.178 e. The van der Waals surface area contributed by atoms with Gasteiger partial charge >= 0.3 is 0 Å². The number of H-pyrrole nitrogens is 1. The number of pyridine rings is 1. The number of anilines is 2. The Morgan fingerprint density at radius 2 is 2.12 bits per heavy atom. The Kier molecular flexibility index (Phi) is 3.45. The van der Waals surface area contributed by atoms with E-state index in [-0.39, 0.29) is 11.2 Å². The molecule has 0 aliphatic rings. The van der Waals surface area contributed by atoms with Crippen LogP contribution in [0, 0.1) is 11.2 Å². The molecule has 0 bridgehead atoms. The Bertz CT molecular complexity index is 1060. The molecule has 3 heterocycles. The molecule has 7 heteroatoms. The highest BCUT2D eigenvalue weighted by Crippen LogP contribution is 2.31. The van der Waals surface area contributed by atoms with Crippen molar-refractivity contribution in [3.63, 3.8) is 0 Å². The van der Waals surface area contributed by atoms with Crippen molar-refractivity contribution in [2.75, 3.05) is 5.32 Å². The molecule has 3 aromatic heterocycles. The summed E-state index contributed by atoms with van der Waals surface area (Å²) in [6, 6.07) is 6.84. The van der Waals surface area contributed by atoms with Crippen LogP contribution in [0.3, 0.4) is 0 Å². The fourth-order valence-electron chi connectivity index (χ4n) is 2.86. The van der Waals surface area contributed by atoms with Gasteiger partial charge in [-0.3, -0.25) is 10.1 Å². The van der Waals surface area contributed by atoms with Crippen molar-refractivity contribution in [1.29, 1.82) is 0 Å². The number of fused-ring (bicyclic) bond motifs is 2. The summed E-state index contributed by atoms with van der Waals surface area (Å²) in [5, 5.41) is 14.6. The monoisotopic (exact) mass is 339 g/mol. The average molecular weight is 339 g/mol.